The second-order valence-corrected chi connectivity index (χ2v) is 2.32. The lowest BCUT2D eigenvalue weighted by atomic mass is 10.8. The molecule has 1 aliphatic heterocycles. The Morgan fingerprint density at radius 2 is 2.17 bits per heavy atom. The van der Waals surface area contributed by atoms with Crippen LogP contribution in [0.1, 0.15) is 0 Å². The Morgan fingerprint density at radius 1 is 1.50 bits per heavy atom. The molecule has 0 atom stereocenters. The molecule has 1 heterocycles. The zero-order valence-corrected chi connectivity index (χ0v) is 5.24. The van der Waals surface area contributed by atoms with Crippen molar-refractivity contribution in [2.75, 3.05) is 25.0 Å². The highest BCUT2D eigenvalue weighted by Crippen LogP contribution is 2.01. The van der Waals surface area contributed by atoms with Gasteiger partial charge in [-0.15, -0.1) is 0 Å². The zero-order chi connectivity index (χ0) is 4.41. The van der Waals surface area contributed by atoms with Crippen molar-refractivity contribution in [1.29, 1.82) is 0 Å². The van der Waals surface area contributed by atoms with Gasteiger partial charge in [-0.25, -0.2) is 0 Å². The molecule has 1 nitrogen and oxygen atoms in total. The largest absolute Gasteiger partial charge is 0.300 e. The number of alkyl halides is 1. The molecule has 0 spiro atoms. The van der Waals surface area contributed by atoms with Crippen LogP contribution in [0.4, 0.5) is 0 Å². The van der Waals surface area contributed by atoms with E-state index < -0.39 is 0 Å². The first-order chi connectivity index (χ1) is 2.93. The van der Waals surface area contributed by atoms with Crippen LogP contribution >= 0.6 is 15.9 Å². The fourth-order valence-electron chi connectivity index (χ4n) is 0.414. The molecule has 36 valence electrons. The van der Waals surface area contributed by atoms with Crippen molar-refractivity contribution in [3.05, 3.63) is 0 Å². The van der Waals surface area contributed by atoms with Crippen molar-refractivity contribution in [2.45, 2.75) is 0 Å². The summed E-state index contributed by atoms with van der Waals surface area (Å²) in [5.74, 6) is 0. The Kier molecular flexibility index (Phi) is 1.48. The second kappa shape index (κ2) is 1.94. The number of nitrogens with zero attached hydrogens (tertiary/aromatic N) is 1. The minimum atomic E-state index is 1.13. The van der Waals surface area contributed by atoms with Crippen molar-refractivity contribution >= 4 is 15.9 Å². The summed E-state index contributed by atoms with van der Waals surface area (Å²) < 4.78 is 0. The van der Waals surface area contributed by atoms with Crippen molar-refractivity contribution in [2.24, 2.45) is 0 Å². The lowest BCUT2D eigenvalue weighted by molar-refractivity contribution is 0.602. The molecule has 6 heavy (non-hydrogen) atoms. The summed E-state index contributed by atoms with van der Waals surface area (Å²) in [5.41, 5.74) is 0. The summed E-state index contributed by atoms with van der Waals surface area (Å²) in [5, 5.41) is 1.13. The van der Waals surface area contributed by atoms with E-state index in [9.17, 15) is 0 Å². The van der Waals surface area contributed by atoms with Crippen LogP contribution in [0.15, 0.2) is 0 Å². The van der Waals surface area contributed by atoms with Gasteiger partial charge in [0.15, 0.2) is 0 Å². The smallest absolute Gasteiger partial charge is 0.0159 e. The molecule has 1 aliphatic rings. The molecule has 0 bridgehead atoms. The van der Waals surface area contributed by atoms with E-state index in [0.29, 0.717) is 0 Å². The lowest BCUT2D eigenvalue weighted by Crippen LogP contribution is -1.98. The van der Waals surface area contributed by atoms with E-state index in [2.05, 4.69) is 20.8 Å². The van der Waals surface area contributed by atoms with E-state index in [1.165, 1.54) is 19.6 Å². The van der Waals surface area contributed by atoms with Gasteiger partial charge in [0.2, 0.25) is 0 Å². The van der Waals surface area contributed by atoms with E-state index in [0.717, 1.165) is 5.33 Å². The molecule has 0 amide bonds. The van der Waals surface area contributed by atoms with Crippen molar-refractivity contribution in [3.63, 3.8) is 0 Å². The minimum Gasteiger partial charge on any atom is -0.300 e. The molecule has 0 aliphatic carbocycles. The zero-order valence-electron chi connectivity index (χ0n) is 3.65. The summed E-state index contributed by atoms with van der Waals surface area (Å²) >= 11 is 3.35. The second-order valence-electron chi connectivity index (χ2n) is 1.53. The van der Waals surface area contributed by atoms with Crippen molar-refractivity contribution in [1.82, 2.24) is 4.90 Å². The summed E-state index contributed by atoms with van der Waals surface area (Å²) in [6.45, 7) is 3.89. The highest BCUT2D eigenvalue weighted by atomic mass is 79.9. The summed E-state index contributed by atoms with van der Waals surface area (Å²) in [6, 6.07) is 0. The van der Waals surface area contributed by atoms with E-state index in [-0.39, 0.29) is 0 Å². The van der Waals surface area contributed by atoms with Gasteiger partial charge in [-0.05, 0) is 0 Å². The van der Waals surface area contributed by atoms with E-state index >= 15 is 0 Å². The monoisotopic (exact) mass is 149 g/mol. The molecule has 0 aromatic carbocycles. The van der Waals surface area contributed by atoms with E-state index in [4.69, 9.17) is 0 Å². The van der Waals surface area contributed by atoms with Gasteiger partial charge >= 0.3 is 0 Å². The average molecular weight is 150 g/mol. The molecule has 1 fully saturated rings. The highest BCUT2D eigenvalue weighted by molar-refractivity contribution is 9.09. The molecule has 0 saturated carbocycles. The molecule has 0 radical (unpaired) electrons. The Hall–Kier alpha value is 0.440. The molecule has 0 aromatic rings. The number of rotatable bonds is 2. The van der Waals surface area contributed by atoms with Crippen LogP contribution in [0.3, 0.4) is 0 Å². The van der Waals surface area contributed by atoms with Crippen LogP contribution in [0, 0.1) is 0 Å². The third-order valence-electron chi connectivity index (χ3n) is 0.941. The van der Waals surface area contributed by atoms with Gasteiger partial charge in [0.25, 0.3) is 0 Å². The molecular formula is C4H8BrN. The average Bonchev–Trinajstić information content (AvgIpc) is 2.21. The van der Waals surface area contributed by atoms with Crippen LogP contribution in [0.2, 0.25) is 0 Å². The predicted octanol–water partition coefficient (Wildman–Crippen LogP) is 0.697. The van der Waals surface area contributed by atoms with E-state index in [1.54, 1.807) is 0 Å². The number of hydrogen-bond acceptors (Lipinski definition) is 1. The first-order valence-electron chi connectivity index (χ1n) is 2.22. The first-order valence-corrected chi connectivity index (χ1v) is 3.34. The highest BCUT2D eigenvalue weighted by Gasteiger charge is 2.14. The molecule has 0 unspecified atom stereocenters. The van der Waals surface area contributed by atoms with Crippen LogP contribution in [0.5, 0.6) is 0 Å². The molecular weight excluding hydrogens is 142 g/mol. The lowest BCUT2D eigenvalue weighted by Gasteiger charge is -1.87. The maximum atomic E-state index is 3.35. The van der Waals surface area contributed by atoms with Crippen molar-refractivity contribution in [3.8, 4) is 0 Å². The summed E-state index contributed by atoms with van der Waals surface area (Å²) in [4.78, 5) is 2.38. The maximum absolute atomic E-state index is 3.35. The van der Waals surface area contributed by atoms with E-state index in [1.807, 2.05) is 0 Å². The van der Waals surface area contributed by atoms with Crippen LogP contribution in [0.25, 0.3) is 0 Å². The Labute approximate surface area is 46.5 Å². The number of halogens is 1. The standard InChI is InChI=1S/C4H8BrN/c5-1-2-6-3-4-6/h1-4H2. The van der Waals surface area contributed by atoms with Gasteiger partial charge < -0.3 is 0 Å². The van der Waals surface area contributed by atoms with Gasteiger partial charge in [-0.1, -0.05) is 15.9 Å². The normalized spacial score (nSPS) is 21.5. The minimum absolute atomic E-state index is 1.13. The fourth-order valence-corrected chi connectivity index (χ4v) is 0.915. The van der Waals surface area contributed by atoms with Gasteiger partial charge in [0, 0.05) is 25.0 Å². The third kappa shape index (κ3) is 1.27. The third-order valence-corrected chi connectivity index (χ3v) is 1.30. The van der Waals surface area contributed by atoms with Gasteiger partial charge in [-0.2, -0.15) is 0 Å². The quantitative estimate of drug-likeness (QED) is 0.413. The van der Waals surface area contributed by atoms with Crippen LogP contribution in [-0.2, 0) is 0 Å². The molecule has 0 N–H and O–H groups in total. The van der Waals surface area contributed by atoms with Gasteiger partial charge in [0.1, 0.15) is 0 Å². The predicted molar refractivity (Wildman–Crippen MR) is 30.2 cm³/mol. The van der Waals surface area contributed by atoms with Crippen LogP contribution in [-0.4, -0.2) is 29.9 Å². The Morgan fingerprint density at radius 3 is 2.33 bits per heavy atom. The molecule has 1 rings (SSSR count). The topological polar surface area (TPSA) is 3.01 Å². The molecule has 0 aromatic heterocycles. The summed E-state index contributed by atoms with van der Waals surface area (Å²) in [6.07, 6.45) is 0. The Bertz CT molecular complexity index is 42.8. The molecule has 1 saturated heterocycles. The van der Waals surface area contributed by atoms with Crippen molar-refractivity contribution < 1.29 is 0 Å². The maximum Gasteiger partial charge on any atom is 0.0159 e. The SMILES string of the molecule is BrCCN1CC1. The molecule has 2 heteroatoms. The van der Waals surface area contributed by atoms with Crippen LogP contribution < -0.4 is 0 Å². The van der Waals surface area contributed by atoms with Gasteiger partial charge in [-0.3, -0.25) is 4.90 Å². The number of hydrogen-bond donors (Lipinski definition) is 0. The summed E-state index contributed by atoms with van der Waals surface area (Å²) in [7, 11) is 0. The van der Waals surface area contributed by atoms with Gasteiger partial charge in [0.05, 0.1) is 0 Å². The Balaban J connectivity index is 1.88. The fraction of sp³-hybridized carbons (Fsp3) is 1.00. The first kappa shape index (κ1) is 4.60.